The molecule has 8 aromatic rings. The zero-order chi connectivity index (χ0) is 40.4. The maximum atomic E-state index is 9.29. The van der Waals surface area contributed by atoms with Gasteiger partial charge < -0.3 is 0 Å². The first-order chi connectivity index (χ1) is 26.5. The van der Waals surface area contributed by atoms with Crippen molar-refractivity contribution in [2.75, 3.05) is 0 Å². The monoisotopic (exact) mass is 522 g/mol. The Kier molecular flexibility index (Phi) is 2.74. The van der Waals surface area contributed by atoms with Crippen LogP contribution in [0.3, 0.4) is 0 Å². The summed E-state index contributed by atoms with van der Waals surface area (Å²) in [6.07, 6.45) is 0. The van der Waals surface area contributed by atoms with E-state index in [-0.39, 0.29) is 61.9 Å². The minimum Gasteiger partial charge on any atom is -0.0622 e. The standard InChI is InChI=1S/C40H26/c1-2-13-28(14-3-1)39-35-16-6-8-18-37(35)40(38-19-9-7-17-36(38)39)34-23-11-21-32-31(20-10-22-33(32)34)30-25-24-27-12-4-5-15-29(27)26-30/h1-26H/i1D,2D,3D,6D,7D,8D,9D,13D,14D,16D,17D,18D,19D,24D,25D,26D. The largest absolute Gasteiger partial charge is 0.0636 e. The molecule has 0 aliphatic rings. The molecule has 0 bridgehead atoms. The molecule has 0 heterocycles. The van der Waals surface area contributed by atoms with Gasteiger partial charge in [-0.2, -0.15) is 0 Å². The van der Waals surface area contributed by atoms with Crippen molar-refractivity contribution in [3.05, 3.63) is 157 Å². The maximum absolute atomic E-state index is 9.29. The van der Waals surface area contributed by atoms with Crippen LogP contribution in [0.15, 0.2) is 157 Å². The van der Waals surface area contributed by atoms with Crippen LogP contribution in [-0.4, -0.2) is 0 Å². The van der Waals surface area contributed by atoms with Gasteiger partial charge in [-0.05, 0) is 82.5 Å². The van der Waals surface area contributed by atoms with Crippen LogP contribution in [0.4, 0.5) is 0 Å². The second kappa shape index (κ2) is 9.22. The molecule has 0 aliphatic heterocycles. The SMILES string of the molecule is [2H]c1c([2H])c([2H])c(-c2c3c([2H])c([2H])c([2H])c([2H])c3c(-c3cccc4c(-c5c([2H])c([2H])c6ccccc6c5[2H])cccc34)c3c([2H])c([2H])c([2H])c([2H])c23)c([2H])c1[2H]. The first-order valence-electron chi connectivity index (χ1n) is 20.6. The predicted molar refractivity (Wildman–Crippen MR) is 173 cm³/mol. The molecular formula is C40H26. The van der Waals surface area contributed by atoms with Gasteiger partial charge >= 0.3 is 0 Å². The molecule has 0 radical (unpaired) electrons. The fourth-order valence-electron chi connectivity index (χ4n) is 5.40. The van der Waals surface area contributed by atoms with E-state index in [1.807, 2.05) is 0 Å². The third kappa shape index (κ3) is 3.54. The minimum atomic E-state index is -0.748. The summed E-state index contributed by atoms with van der Waals surface area (Å²) in [6.45, 7) is 0. The van der Waals surface area contributed by atoms with Gasteiger partial charge in [0.25, 0.3) is 0 Å². The van der Waals surface area contributed by atoms with E-state index in [1.54, 1.807) is 60.7 Å². The summed E-state index contributed by atoms with van der Waals surface area (Å²) in [7, 11) is 0. The molecule has 0 atom stereocenters. The van der Waals surface area contributed by atoms with Crippen LogP contribution in [-0.2, 0) is 0 Å². The summed E-state index contributed by atoms with van der Waals surface area (Å²) >= 11 is 0. The molecule has 0 heteroatoms. The first kappa shape index (κ1) is 11.9. The molecule has 8 rings (SSSR count). The third-order valence-corrected chi connectivity index (χ3v) is 7.09. The van der Waals surface area contributed by atoms with Crippen molar-refractivity contribution in [2.24, 2.45) is 0 Å². The number of hydrogen-bond donors (Lipinski definition) is 0. The summed E-state index contributed by atoms with van der Waals surface area (Å²) in [4.78, 5) is 0. The minimum absolute atomic E-state index is 0.0154. The van der Waals surface area contributed by atoms with Crippen LogP contribution in [0.25, 0.3) is 76.5 Å². The van der Waals surface area contributed by atoms with Crippen molar-refractivity contribution >= 4 is 43.1 Å². The lowest BCUT2D eigenvalue weighted by Gasteiger charge is -2.19. The normalized spacial score (nSPS) is 17.1. The topological polar surface area (TPSA) is 0 Å². The zero-order valence-electron chi connectivity index (χ0n) is 36.8. The van der Waals surface area contributed by atoms with Crippen LogP contribution in [0.2, 0.25) is 0 Å². The Bertz CT molecular complexity index is 2990. The van der Waals surface area contributed by atoms with Crippen LogP contribution in [0.1, 0.15) is 21.9 Å². The molecule has 0 aliphatic carbocycles. The van der Waals surface area contributed by atoms with E-state index in [4.69, 9.17) is 16.4 Å². The van der Waals surface area contributed by atoms with Crippen molar-refractivity contribution in [3.8, 4) is 33.4 Å². The Morgan fingerprint density at radius 1 is 0.350 bits per heavy atom. The Labute approximate surface area is 256 Å². The van der Waals surface area contributed by atoms with Crippen LogP contribution >= 0.6 is 0 Å². The van der Waals surface area contributed by atoms with Crippen LogP contribution in [0, 0.1) is 0 Å². The molecule has 0 aromatic heterocycles. The smallest absolute Gasteiger partial charge is 0.0622 e. The maximum Gasteiger partial charge on any atom is 0.0636 e. The van der Waals surface area contributed by atoms with E-state index in [0.717, 1.165) is 0 Å². The molecule has 40 heavy (non-hydrogen) atoms. The molecule has 0 amide bonds. The molecule has 0 nitrogen and oxygen atoms in total. The summed E-state index contributed by atoms with van der Waals surface area (Å²) in [5.41, 5.74) is -0.0520. The highest BCUT2D eigenvalue weighted by molar-refractivity contribution is 6.24. The average Bonchev–Trinajstić information content (AvgIpc) is 3.20. The average molecular weight is 523 g/mol. The molecule has 8 aromatic carbocycles. The highest BCUT2D eigenvalue weighted by Crippen LogP contribution is 2.46. The lowest BCUT2D eigenvalue weighted by Crippen LogP contribution is -1.92. The van der Waals surface area contributed by atoms with E-state index < -0.39 is 84.1 Å². The van der Waals surface area contributed by atoms with Gasteiger partial charge in [0.2, 0.25) is 0 Å². The second-order valence-corrected chi connectivity index (χ2v) is 9.25. The highest BCUT2D eigenvalue weighted by Gasteiger charge is 2.18. The molecule has 186 valence electrons. The quantitative estimate of drug-likeness (QED) is 0.202. The summed E-state index contributed by atoms with van der Waals surface area (Å²) in [5, 5.41) is 0.734. The number of hydrogen-bond acceptors (Lipinski definition) is 0. The molecule has 0 saturated heterocycles. The van der Waals surface area contributed by atoms with E-state index >= 15 is 0 Å². The Morgan fingerprint density at radius 3 is 1.57 bits per heavy atom. The molecule has 0 unspecified atom stereocenters. The van der Waals surface area contributed by atoms with Gasteiger partial charge in [-0.25, -0.2) is 0 Å². The number of benzene rings is 8. The number of rotatable bonds is 3. The Hall–Kier alpha value is -5.20. The van der Waals surface area contributed by atoms with Gasteiger partial charge in [-0.3, -0.25) is 0 Å². The fourth-order valence-corrected chi connectivity index (χ4v) is 5.40. The van der Waals surface area contributed by atoms with E-state index in [1.165, 1.54) is 0 Å². The predicted octanol–water partition coefficient (Wildman–Crippen LogP) is 11.3. The fraction of sp³-hybridized carbons (Fsp3) is 0. The van der Waals surface area contributed by atoms with Crippen LogP contribution < -0.4 is 0 Å². The van der Waals surface area contributed by atoms with Gasteiger partial charge in [0.1, 0.15) is 0 Å². The lowest BCUT2D eigenvalue weighted by molar-refractivity contribution is 1.65. The van der Waals surface area contributed by atoms with Crippen LogP contribution in [0.5, 0.6) is 0 Å². The lowest BCUT2D eigenvalue weighted by atomic mass is 9.84. The third-order valence-electron chi connectivity index (χ3n) is 7.09. The van der Waals surface area contributed by atoms with Crippen molar-refractivity contribution in [1.29, 1.82) is 0 Å². The van der Waals surface area contributed by atoms with E-state index in [9.17, 15) is 5.48 Å². The molecule has 0 spiro atoms. The van der Waals surface area contributed by atoms with Gasteiger partial charge in [0.15, 0.2) is 0 Å². The molecule has 0 saturated carbocycles. The molecular weight excluding hydrogens is 480 g/mol. The van der Waals surface area contributed by atoms with Crippen molar-refractivity contribution < 1.29 is 21.9 Å². The number of fused-ring (bicyclic) bond motifs is 4. The van der Waals surface area contributed by atoms with Gasteiger partial charge in [0, 0.05) is 0 Å². The van der Waals surface area contributed by atoms with E-state index in [2.05, 4.69) is 0 Å². The Morgan fingerprint density at radius 2 is 0.900 bits per heavy atom. The highest BCUT2D eigenvalue weighted by atomic mass is 14.2. The second-order valence-electron chi connectivity index (χ2n) is 9.25. The van der Waals surface area contributed by atoms with Crippen molar-refractivity contribution in [3.63, 3.8) is 0 Å². The summed E-state index contributed by atoms with van der Waals surface area (Å²) < 4.78 is 142. The molecule has 0 N–H and O–H groups in total. The van der Waals surface area contributed by atoms with Crippen molar-refractivity contribution in [2.45, 2.75) is 0 Å². The summed E-state index contributed by atoms with van der Waals surface area (Å²) in [6, 6.07) is 7.66. The summed E-state index contributed by atoms with van der Waals surface area (Å²) in [5.74, 6) is 0. The first-order valence-corrected chi connectivity index (χ1v) is 12.6. The van der Waals surface area contributed by atoms with Gasteiger partial charge in [-0.1, -0.05) is 151 Å². The van der Waals surface area contributed by atoms with Gasteiger partial charge in [-0.15, -0.1) is 0 Å². The molecule has 0 fully saturated rings. The van der Waals surface area contributed by atoms with Crippen molar-refractivity contribution in [1.82, 2.24) is 0 Å². The van der Waals surface area contributed by atoms with Gasteiger partial charge in [0.05, 0.1) is 21.9 Å². The Balaban J connectivity index is 1.65. The zero-order valence-corrected chi connectivity index (χ0v) is 20.8. The van der Waals surface area contributed by atoms with E-state index in [0.29, 0.717) is 27.1 Å².